The van der Waals surface area contributed by atoms with Crippen molar-refractivity contribution in [2.75, 3.05) is 96.2 Å². The molecule has 2 aliphatic heterocycles. The predicted octanol–water partition coefficient (Wildman–Crippen LogP) is 4.49. The third kappa shape index (κ3) is 13.4. The van der Waals surface area contributed by atoms with Gasteiger partial charge in [-0.3, -0.25) is 0 Å². The molecule has 0 unspecified atom stereocenters. The predicted molar refractivity (Wildman–Crippen MR) is 134 cm³/mol. The summed E-state index contributed by atoms with van der Waals surface area (Å²) in [5.74, 6) is 9.70. The van der Waals surface area contributed by atoms with E-state index in [0.717, 1.165) is 62.4 Å². The maximum atomic E-state index is 5.71. The van der Waals surface area contributed by atoms with Crippen LogP contribution in [0.1, 0.15) is 0 Å². The molecule has 2 heterocycles. The lowest BCUT2D eigenvalue weighted by Gasteiger charge is -2.10. The molecule has 2 aliphatic rings. The van der Waals surface area contributed by atoms with Gasteiger partial charge in [-0.15, -0.1) is 0 Å². The van der Waals surface area contributed by atoms with Gasteiger partial charge in [0.15, 0.2) is 0 Å². The van der Waals surface area contributed by atoms with E-state index in [1.165, 1.54) is 34.5 Å². The van der Waals surface area contributed by atoms with Gasteiger partial charge in [0.25, 0.3) is 0 Å². The second-order valence-corrected chi connectivity index (χ2v) is 11.0. The summed E-state index contributed by atoms with van der Waals surface area (Å²) in [7, 11) is 0. The number of anilines is 2. The van der Waals surface area contributed by atoms with Crippen molar-refractivity contribution in [3.8, 4) is 0 Å². The molecular formula is C20H34N2O2S4. The van der Waals surface area contributed by atoms with Gasteiger partial charge in [0.2, 0.25) is 0 Å². The molecule has 3 rings (SSSR count). The number of ether oxygens (including phenoxy) is 2. The number of benzene rings is 1. The third-order valence-corrected chi connectivity index (χ3v) is 8.54. The fourth-order valence-corrected chi connectivity index (χ4v) is 6.56. The average molecular weight is 463 g/mol. The van der Waals surface area contributed by atoms with Crippen LogP contribution in [0.25, 0.3) is 0 Å². The molecule has 2 N–H and O–H groups in total. The van der Waals surface area contributed by atoms with E-state index in [2.05, 4.69) is 58.4 Å². The molecule has 0 spiro atoms. The molecule has 1 aromatic rings. The number of rotatable bonds is 0. The van der Waals surface area contributed by atoms with E-state index >= 15 is 0 Å². The normalized spacial score (nSPS) is 20.7. The Morgan fingerprint density at radius 3 is 1.25 bits per heavy atom. The molecule has 8 heteroatoms. The van der Waals surface area contributed by atoms with Gasteiger partial charge >= 0.3 is 0 Å². The molecule has 2 bridgehead atoms. The molecule has 0 amide bonds. The first-order valence-electron chi connectivity index (χ1n) is 9.99. The molecule has 0 fully saturated rings. The van der Waals surface area contributed by atoms with Gasteiger partial charge in [-0.2, -0.15) is 47.0 Å². The second kappa shape index (κ2) is 18.0. The highest BCUT2D eigenvalue weighted by molar-refractivity contribution is 8.05. The van der Waals surface area contributed by atoms with Crippen molar-refractivity contribution in [2.45, 2.75) is 0 Å². The molecule has 0 radical (unpaired) electrons. The monoisotopic (exact) mass is 462 g/mol. The van der Waals surface area contributed by atoms with Crippen LogP contribution in [0.5, 0.6) is 0 Å². The van der Waals surface area contributed by atoms with E-state index in [-0.39, 0.29) is 0 Å². The Hall–Kier alpha value is 0.140. The zero-order chi connectivity index (χ0) is 19.5. The molecule has 0 aliphatic carbocycles. The van der Waals surface area contributed by atoms with Gasteiger partial charge in [-0.05, 0) is 24.3 Å². The Kier molecular flexibility index (Phi) is 15.7. The highest BCUT2D eigenvalue weighted by atomic mass is 32.2. The van der Waals surface area contributed by atoms with Gasteiger partial charge in [0.05, 0.1) is 26.4 Å². The highest BCUT2D eigenvalue weighted by Crippen LogP contribution is 2.14. The highest BCUT2D eigenvalue weighted by Gasteiger charge is 1.97. The van der Waals surface area contributed by atoms with E-state index in [0.29, 0.717) is 0 Å². The van der Waals surface area contributed by atoms with Crippen LogP contribution >= 0.6 is 47.0 Å². The fourth-order valence-electron chi connectivity index (χ4n) is 2.44. The minimum Gasteiger partial charge on any atom is -0.383 e. The molecule has 0 saturated carbocycles. The van der Waals surface area contributed by atoms with Crippen LogP contribution in [0, 0.1) is 0 Å². The van der Waals surface area contributed by atoms with Crippen LogP contribution < -0.4 is 10.6 Å². The number of hydrogen-bond donors (Lipinski definition) is 2. The van der Waals surface area contributed by atoms with E-state index in [1.807, 2.05) is 23.5 Å². The van der Waals surface area contributed by atoms with Crippen molar-refractivity contribution in [1.29, 1.82) is 0 Å². The summed E-state index contributed by atoms with van der Waals surface area (Å²) in [6.07, 6.45) is 0. The molecule has 4 nitrogen and oxygen atoms in total. The molecule has 160 valence electrons. The largest absolute Gasteiger partial charge is 0.383 e. The third-order valence-electron chi connectivity index (χ3n) is 3.90. The minimum absolute atomic E-state index is 0.752. The standard InChI is InChI=1S/C20H34N2O2S4/c1-2-20-4-3-19(1)21-5-7-23-9-11-25-13-15-27-17-18-28-16-14-26-12-10-24-8-6-22-20/h1-4,21-22H,5-18H2. The summed E-state index contributed by atoms with van der Waals surface area (Å²) < 4.78 is 11.4. The van der Waals surface area contributed by atoms with Crippen molar-refractivity contribution in [3.05, 3.63) is 24.3 Å². The van der Waals surface area contributed by atoms with Crippen molar-refractivity contribution in [1.82, 2.24) is 0 Å². The fraction of sp³-hybridized carbons (Fsp3) is 0.700. The van der Waals surface area contributed by atoms with Crippen LogP contribution in [0.4, 0.5) is 11.4 Å². The lowest BCUT2D eigenvalue weighted by atomic mass is 10.3. The summed E-state index contributed by atoms with van der Waals surface area (Å²) in [4.78, 5) is 0. The minimum atomic E-state index is 0.752. The summed E-state index contributed by atoms with van der Waals surface area (Å²) >= 11 is 8.16. The van der Waals surface area contributed by atoms with Crippen LogP contribution in [0.15, 0.2) is 24.3 Å². The maximum Gasteiger partial charge on any atom is 0.0639 e. The van der Waals surface area contributed by atoms with E-state index in [1.54, 1.807) is 0 Å². The van der Waals surface area contributed by atoms with Crippen LogP contribution in [-0.4, -0.2) is 85.5 Å². The zero-order valence-electron chi connectivity index (χ0n) is 16.7. The Balaban J connectivity index is 1.63. The van der Waals surface area contributed by atoms with Crippen LogP contribution in [0.3, 0.4) is 0 Å². The second-order valence-electron chi connectivity index (χ2n) is 6.11. The summed E-state index contributed by atoms with van der Waals surface area (Å²) in [5.41, 5.74) is 2.27. The van der Waals surface area contributed by atoms with Gasteiger partial charge in [-0.1, -0.05) is 0 Å². The average Bonchev–Trinajstić information content (AvgIpc) is 2.72. The SMILES string of the molecule is c1cc2ccc1NCCOCCSCCSCCSCCSCCOCCN2. The molecule has 0 saturated heterocycles. The summed E-state index contributed by atoms with van der Waals surface area (Å²) in [6.45, 7) is 4.88. The number of fused-ring (bicyclic) bond motifs is 23. The summed E-state index contributed by atoms with van der Waals surface area (Å²) in [6, 6.07) is 8.43. The smallest absolute Gasteiger partial charge is 0.0639 e. The van der Waals surface area contributed by atoms with Crippen LogP contribution in [0.2, 0.25) is 0 Å². The Morgan fingerprint density at radius 2 is 0.857 bits per heavy atom. The summed E-state index contributed by atoms with van der Waals surface area (Å²) in [5, 5.41) is 6.81. The number of hydrogen-bond acceptors (Lipinski definition) is 8. The Bertz CT molecular complexity index is 437. The van der Waals surface area contributed by atoms with Crippen molar-refractivity contribution in [3.63, 3.8) is 0 Å². The lowest BCUT2D eigenvalue weighted by Crippen LogP contribution is -2.12. The zero-order valence-corrected chi connectivity index (χ0v) is 19.9. The molecule has 0 atom stereocenters. The van der Waals surface area contributed by atoms with E-state index in [9.17, 15) is 0 Å². The molecule has 0 aromatic heterocycles. The Morgan fingerprint density at radius 1 is 0.500 bits per heavy atom. The van der Waals surface area contributed by atoms with Crippen molar-refractivity contribution < 1.29 is 9.47 Å². The van der Waals surface area contributed by atoms with Gasteiger partial charge in [-0.25, -0.2) is 0 Å². The van der Waals surface area contributed by atoms with E-state index < -0.39 is 0 Å². The topological polar surface area (TPSA) is 42.5 Å². The first-order chi connectivity index (χ1) is 13.9. The molecular weight excluding hydrogens is 429 g/mol. The van der Waals surface area contributed by atoms with Gasteiger partial charge in [0.1, 0.15) is 0 Å². The number of nitrogens with one attached hydrogen (secondary N) is 2. The Labute approximate surface area is 187 Å². The maximum absolute atomic E-state index is 5.71. The van der Waals surface area contributed by atoms with Gasteiger partial charge in [0, 0.05) is 70.5 Å². The van der Waals surface area contributed by atoms with Crippen molar-refractivity contribution >= 4 is 58.4 Å². The van der Waals surface area contributed by atoms with Gasteiger partial charge < -0.3 is 20.1 Å². The molecule has 28 heavy (non-hydrogen) atoms. The van der Waals surface area contributed by atoms with E-state index in [4.69, 9.17) is 9.47 Å². The quantitative estimate of drug-likeness (QED) is 0.585. The van der Waals surface area contributed by atoms with Crippen molar-refractivity contribution in [2.24, 2.45) is 0 Å². The molecule has 1 aromatic carbocycles. The number of thioether (sulfide) groups is 4. The first kappa shape index (κ1) is 24.4. The van der Waals surface area contributed by atoms with Crippen LogP contribution in [-0.2, 0) is 9.47 Å². The first-order valence-corrected chi connectivity index (χ1v) is 14.6. The lowest BCUT2D eigenvalue weighted by molar-refractivity contribution is 0.160.